The van der Waals surface area contributed by atoms with Crippen LogP contribution in [0.15, 0.2) is 0 Å². The molecule has 4 heteroatoms. The van der Waals surface area contributed by atoms with Crippen LogP contribution in [0.25, 0.3) is 0 Å². The van der Waals surface area contributed by atoms with E-state index in [1.807, 2.05) is 18.7 Å². The molecule has 1 aliphatic heterocycles. The Morgan fingerprint density at radius 1 is 1.10 bits per heavy atom. The van der Waals surface area contributed by atoms with Gasteiger partial charge in [-0.25, -0.2) is 0 Å². The van der Waals surface area contributed by atoms with Crippen LogP contribution in [-0.4, -0.2) is 35.3 Å². The lowest BCUT2D eigenvalue weighted by atomic mass is 9.84. The minimum atomic E-state index is -0.702. The Morgan fingerprint density at radius 2 is 1.62 bits per heavy atom. The van der Waals surface area contributed by atoms with Gasteiger partial charge in [0.2, 0.25) is 11.8 Å². The Labute approximate surface area is 129 Å². The zero-order valence-electron chi connectivity index (χ0n) is 14.5. The largest absolute Gasteiger partial charge is 0.342 e. The number of nitrogens with zero attached hydrogens (tertiary/aromatic N) is 1. The summed E-state index contributed by atoms with van der Waals surface area (Å²) in [5.41, 5.74) is -0.702. The molecule has 1 aliphatic rings. The van der Waals surface area contributed by atoms with Gasteiger partial charge >= 0.3 is 0 Å². The number of carbonyl (C=O) groups excluding carboxylic acids is 2. The number of rotatable bonds is 6. The maximum absolute atomic E-state index is 13.0. The maximum Gasteiger partial charge on any atom is 0.248 e. The van der Waals surface area contributed by atoms with Crippen molar-refractivity contribution in [3.8, 4) is 0 Å². The molecule has 0 unspecified atom stereocenters. The van der Waals surface area contributed by atoms with Gasteiger partial charge < -0.3 is 10.2 Å². The zero-order chi connectivity index (χ0) is 16.2. The zero-order valence-corrected chi connectivity index (χ0v) is 14.5. The molecule has 0 radical (unpaired) electrons. The molecule has 0 bridgehead atoms. The van der Waals surface area contributed by atoms with Gasteiger partial charge in [-0.15, -0.1) is 0 Å². The van der Waals surface area contributed by atoms with Gasteiger partial charge in [-0.2, -0.15) is 0 Å². The molecule has 0 aromatic carbocycles. The predicted octanol–water partition coefficient (Wildman–Crippen LogP) is 2.82. The van der Waals surface area contributed by atoms with Crippen molar-refractivity contribution in [1.29, 1.82) is 0 Å². The van der Waals surface area contributed by atoms with E-state index in [0.717, 1.165) is 6.54 Å². The summed E-state index contributed by atoms with van der Waals surface area (Å²) in [7, 11) is 0. The Hall–Kier alpha value is -1.06. The van der Waals surface area contributed by atoms with Gasteiger partial charge in [0.15, 0.2) is 0 Å². The van der Waals surface area contributed by atoms with Crippen molar-refractivity contribution in [3.05, 3.63) is 0 Å². The molecule has 1 saturated heterocycles. The van der Waals surface area contributed by atoms with E-state index in [1.165, 1.54) is 0 Å². The van der Waals surface area contributed by atoms with Crippen LogP contribution in [0, 0.1) is 17.8 Å². The first kappa shape index (κ1) is 18.0. The van der Waals surface area contributed by atoms with Crippen molar-refractivity contribution >= 4 is 11.8 Å². The van der Waals surface area contributed by atoms with Crippen LogP contribution in [0.5, 0.6) is 0 Å². The smallest absolute Gasteiger partial charge is 0.248 e. The highest BCUT2D eigenvalue weighted by molar-refractivity contribution is 5.93. The normalized spacial score (nSPS) is 19.4. The maximum atomic E-state index is 13.0. The molecule has 0 aromatic rings. The fraction of sp³-hybridized carbons (Fsp3) is 0.882. The summed E-state index contributed by atoms with van der Waals surface area (Å²) < 4.78 is 0. The molecule has 1 rings (SSSR count). The number of amides is 2. The summed E-state index contributed by atoms with van der Waals surface area (Å²) >= 11 is 0. The number of hydrogen-bond donors (Lipinski definition) is 1. The lowest BCUT2D eigenvalue weighted by Gasteiger charge is -2.37. The van der Waals surface area contributed by atoms with Crippen LogP contribution in [0.1, 0.15) is 60.8 Å². The van der Waals surface area contributed by atoms with Crippen LogP contribution in [0.3, 0.4) is 0 Å². The number of carbonyl (C=O) groups is 2. The minimum Gasteiger partial charge on any atom is -0.342 e. The fourth-order valence-corrected chi connectivity index (χ4v) is 3.37. The van der Waals surface area contributed by atoms with Crippen molar-refractivity contribution in [3.63, 3.8) is 0 Å². The molecule has 0 atom stereocenters. The Balaban J connectivity index is 3.00. The number of hydrogen-bond acceptors (Lipinski definition) is 2. The molecule has 0 aromatic heterocycles. The first-order valence-corrected chi connectivity index (χ1v) is 8.37. The van der Waals surface area contributed by atoms with E-state index in [9.17, 15) is 9.59 Å². The van der Waals surface area contributed by atoms with Crippen molar-refractivity contribution in [2.75, 3.05) is 13.1 Å². The molecule has 1 fully saturated rings. The van der Waals surface area contributed by atoms with E-state index in [1.54, 1.807) is 0 Å². The van der Waals surface area contributed by atoms with E-state index in [2.05, 4.69) is 33.0 Å². The molecule has 21 heavy (non-hydrogen) atoms. The van der Waals surface area contributed by atoms with Gasteiger partial charge in [-0.05, 0) is 30.6 Å². The van der Waals surface area contributed by atoms with Crippen LogP contribution < -0.4 is 5.32 Å². The topological polar surface area (TPSA) is 49.4 Å². The summed E-state index contributed by atoms with van der Waals surface area (Å²) in [6.45, 7) is 14.1. The molecule has 1 N–H and O–H groups in total. The van der Waals surface area contributed by atoms with Crippen molar-refractivity contribution < 1.29 is 9.59 Å². The van der Waals surface area contributed by atoms with Gasteiger partial charge in [0.05, 0.1) is 0 Å². The Morgan fingerprint density at radius 3 is 2.05 bits per heavy atom. The third-order valence-corrected chi connectivity index (χ3v) is 5.03. The highest BCUT2D eigenvalue weighted by atomic mass is 16.2. The molecule has 4 nitrogen and oxygen atoms in total. The third-order valence-electron chi connectivity index (χ3n) is 5.03. The highest BCUT2D eigenvalue weighted by Gasteiger charge is 2.42. The van der Waals surface area contributed by atoms with E-state index >= 15 is 0 Å². The summed E-state index contributed by atoms with van der Waals surface area (Å²) in [5.74, 6) is 1.63. The van der Waals surface area contributed by atoms with E-state index < -0.39 is 5.54 Å². The lowest BCUT2D eigenvalue weighted by Crippen LogP contribution is -2.57. The van der Waals surface area contributed by atoms with Crippen molar-refractivity contribution in [1.82, 2.24) is 10.2 Å². The predicted molar refractivity (Wildman–Crippen MR) is 85.8 cm³/mol. The second-order valence-corrected chi connectivity index (χ2v) is 6.99. The average molecular weight is 296 g/mol. The Kier molecular flexibility index (Phi) is 6.24. The van der Waals surface area contributed by atoms with Crippen LogP contribution in [0.2, 0.25) is 0 Å². The molecule has 0 aliphatic carbocycles. The van der Waals surface area contributed by atoms with Crippen molar-refractivity contribution in [2.24, 2.45) is 17.8 Å². The minimum absolute atomic E-state index is 0.000180. The second kappa shape index (κ2) is 7.28. The molecule has 1 heterocycles. The van der Waals surface area contributed by atoms with Gasteiger partial charge in [-0.3, -0.25) is 9.59 Å². The fourth-order valence-electron chi connectivity index (χ4n) is 3.37. The first-order chi connectivity index (χ1) is 9.77. The molecular weight excluding hydrogens is 264 g/mol. The molecule has 0 saturated carbocycles. The molecular formula is C17H32N2O2. The van der Waals surface area contributed by atoms with Crippen molar-refractivity contribution in [2.45, 2.75) is 66.3 Å². The summed E-state index contributed by atoms with van der Waals surface area (Å²) in [5, 5.41) is 2.97. The van der Waals surface area contributed by atoms with Gasteiger partial charge in [0, 0.05) is 19.5 Å². The summed E-state index contributed by atoms with van der Waals surface area (Å²) in [4.78, 5) is 26.9. The Bertz CT molecular complexity index is 365. The summed E-state index contributed by atoms with van der Waals surface area (Å²) in [6, 6.07) is 0. The molecule has 0 spiro atoms. The molecule has 2 amide bonds. The van der Waals surface area contributed by atoms with Gasteiger partial charge in [0.25, 0.3) is 0 Å². The van der Waals surface area contributed by atoms with Crippen LogP contribution >= 0.6 is 0 Å². The van der Waals surface area contributed by atoms with Crippen LogP contribution in [-0.2, 0) is 9.59 Å². The second-order valence-electron chi connectivity index (χ2n) is 6.99. The van der Waals surface area contributed by atoms with E-state index in [-0.39, 0.29) is 11.8 Å². The van der Waals surface area contributed by atoms with Gasteiger partial charge in [-0.1, -0.05) is 41.5 Å². The average Bonchev–Trinajstić information content (AvgIpc) is 2.54. The highest BCUT2D eigenvalue weighted by Crippen LogP contribution is 2.26. The van der Waals surface area contributed by atoms with E-state index in [0.29, 0.717) is 43.6 Å². The lowest BCUT2D eigenvalue weighted by molar-refractivity contribution is -0.140. The quantitative estimate of drug-likeness (QED) is 0.819. The summed E-state index contributed by atoms with van der Waals surface area (Å²) in [6.07, 6.45) is 1.72. The SMILES string of the molecule is CCC1(CC)NC(=O)CCN(CC(C(C)C)C(C)C)C1=O. The van der Waals surface area contributed by atoms with Gasteiger partial charge in [0.1, 0.15) is 5.54 Å². The third kappa shape index (κ3) is 3.98. The standard InChI is InChI=1S/C17H32N2O2/c1-7-17(8-2)16(21)19(10-9-15(20)18-17)11-14(12(3)4)13(5)6/h12-14H,7-11H2,1-6H3,(H,18,20). The van der Waals surface area contributed by atoms with Crippen LogP contribution in [0.4, 0.5) is 0 Å². The monoisotopic (exact) mass is 296 g/mol. The van der Waals surface area contributed by atoms with E-state index in [4.69, 9.17) is 0 Å². The first-order valence-electron chi connectivity index (χ1n) is 8.37. The number of nitrogens with one attached hydrogen (secondary N) is 1. The molecule has 122 valence electrons.